The first-order valence-electron chi connectivity index (χ1n) is 4.80. The van der Waals surface area contributed by atoms with Crippen LogP contribution in [0.25, 0.3) is 10.9 Å². The topological polar surface area (TPSA) is 32.9 Å². The summed E-state index contributed by atoms with van der Waals surface area (Å²) in [5, 5.41) is 1.14. The van der Waals surface area contributed by atoms with Gasteiger partial charge in [-0.15, -0.1) is 0 Å². The maximum Gasteiger partial charge on any atom is 0.248 e. The Morgan fingerprint density at radius 2 is 2.00 bits per heavy atom. The number of aromatic nitrogens is 1. The van der Waals surface area contributed by atoms with Crippen LogP contribution in [0.4, 0.5) is 0 Å². The van der Waals surface area contributed by atoms with Crippen molar-refractivity contribution in [3.63, 3.8) is 0 Å². The number of benzene rings is 1. The van der Waals surface area contributed by atoms with Gasteiger partial charge in [0.2, 0.25) is 5.56 Å². The fourth-order valence-electron chi connectivity index (χ4n) is 1.71. The van der Waals surface area contributed by atoms with Crippen LogP contribution in [0.1, 0.15) is 26.8 Å². The van der Waals surface area contributed by atoms with Gasteiger partial charge in [0.05, 0.1) is 0 Å². The molecule has 74 valence electrons. The molecule has 1 aromatic heterocycles. The molecule has 0 aliphatic heterocycles. The van der Waals surface area contributed by atoms with E-state index in [4.69, 9.17) is 0 Å². The molecule has 1 N–H and O–H groups in total. The first-order valence-corrected chi connectivity index (χ1v) is 4.80. The monoisotopic (exact) mass is 189 g/mol. The maximum absolute atomic E-state index is 11.1. The Morgan fingerprint density at radius 1 is 1.21 bits per heavy atom. The summed E-state index contributed by atoms with van der Waals surface area (Å²) >= 11 is 0. The molecule has 0 atom stereocenters. The van der Waals surface area contributed by atoms with Crippen LogP contribution in [0.2, 0.25) is 0 Å². The molecule has 2 rings (SSSR count). The summed E-state index contributed by atoms with van der Waals surface area (Å²) in [7, 11) is 0. The van der Waals surface area contributed by atoms with Crippen molar-refractivity contribution < 1.29 is 1.43 Å². The van der Waals surface area contributed by atoms with Crippen molar-refractivity contribution in [1.82, 2.24) is 4.98 Å². The molecule has 2 nitrogen and oxygen atoms in total. The van der Waals surface area contributed by atoms with Gasteiger partial charge in [-0.1, -0.05) is 26.0 Å². The summed E-state index contributed by atoms with van der Waals surface area (Å²) in [4.78, 5) is 13.9. The standard InChI is InChI=1S/C12H13NO.H2/c1-8(2)9-4-3-5-11-10(9)6-7-12(14)13-11;/h3-8H,1-2H3,(H,13,14);1H. The van der Waals surface area contributed by atoms with Gasteiger partial charge >= 0.3 is 0 Å². The van der Waals surface area contributed by atoms with Gasteiger partial charge in [-0.05, 0) is 23.6 Å². The molecule has 0 fully saturated rings. The lowest BCUT2D eigenvalue weighted by Crippen LogP contribution is -2.03. The van der Waals surface area contributed by atoms with Crippen LogP contribution in [-0.2, 0) is 0 Å². The van der Waals surface area contributed by atoms with Gasteiger partial charge in [0.1, 0.15) is 0 Å². The van der Waals surface area contributed by atoms with Gasteiger partial charge in [0, 0.05) is 18.4 Å². The molecule has 0 saturated carbocycles. The molecule has 0 aliphatic rings. The lowest BCUT2D eigenvalue weighted by Gasteiger charge is -2.08. The lowest BCUT2D eigenvalue weighted by atomic mass is 9.98. The van der Waals surface area contributed by atoms with Crippen molar-refractivity contribution >= 4 is 10.9 Å². The van der Waals surface area contributed by atoms with E-state index in [9.17, 15) is 4.79 Å². The largest absolute Gasteiger partial charge is 0.322 e. The summed E-state index contributed by atoms with van der Waals surface area (Å²) in [6.45, 7) is 4.31. The normalized spacial score (nSPS) is 11.1. The molecule has 0 aliphatic carbocycles. The Morgan fingerprint density at radius 3 is 2.71 bits per heavy atom. The number of fused-ring (bicyclic) bond motifs is 1. The molecule has 1 heterocycles. The minimum Gasteiger partial charge on any atom is -0.322 e. The average molecular weight is 189 g/mol. The fourth-order valence-corrected chi connectivity index (χ4v) is 1.71. The molecule has 0 amide bonds. The fraction of sp³-hybridized carbons (Fsp3) is 0.250. The Balaban J connectivity index is 0.00000112. The SMILES string of the molecule is CC(C)c1cccc2[nH]c(=O)ccc12.[HH]. The molecule has 2 heteroatoms. The predicted octanol–water partition coefficient (Wildman–Crippen LogP) is 2.90. The molecule has 0 unspecified atom stereocenters. The van der Waals surface area contributed by atoms with Gasteiger partial charge in [-0.25, -0.2) is 0 Å². The number of hydrogen-bond acceptors (Lipinski definition) is 1. The quantitative estimate of drug-likeness (QED) is 0.735. The smallest absolute Gasteiger partial charge is 0.248 e. The summed E-state index contributed by atoms with van der Waals surface area (Å²) in [6.07, 6.45) is 0. The van der Waals surface area contributed by atoms with Crippen molar-refractivity contribution in [3.8, 4) is 0 Å². The van der Waals surface area contributed by atoms with E-state index in [0.29, 0.717) is 5.92 Å². The highest BCUT2D eigenvalue weighted by molar-refractivity contribution is 5.82. The summed E-state index contributed by atoms with van der Waals surface area (Å²) in [5.41, 5.74) is 2.15. The first kappa shape index (κ1) is 9.00. The molecule has 0 spiro atoms. The van der Waals surface area contributed by atoms with E-state index in [2.05, 4.69) is 24.9 Å². The Bertz CT molecular complexity index is 516. The maximum atomic E-state index is 11.1. The van der Waals surface area contributed by atoms with Gasteiger partial charge in [0.15, 0.2) is 0 Å². The zero-order chi connectivity index (χ0) is 10.1. The summed E-state index contributed by atoms with van der Waals surface area (Å²) < 4.78 is 0. The Labute approximate surface area is 84.1 Å². The Kier molecular flexibility index (Phi) is 2.12. The van der Waals surface area contributed by atoms with Crippen LogP contribution >= 0.6 is 0 Å². The van der Waals surface area contributed by atoms with Crippen molar-refractivity contribution in [2.24, 2.45) is 0 Å². The van der Waals surface area contributed by atoms with Gasteiger partial charge in [0.25, 0.3) is 0 Å². The number of H-pyrrole nitrogens is 1. The molecule has 2 aromatic rings. The van der Waals surface area contributed by atoms with Gasteiger partial charge in [-0.2, -0.15) is 0 Å². The minimum absolute atomic E-state index is 0. The zero-order valence-corrected chi connectivity index (χ0v) is 8.37. The molecule has 0 radical (unpaired) electrons. The third-order valence-corrected chi connectivity index (χ3v) is 2.42. The number of rotatable bonds is 1. The van der Waals surface area contributed by atoms with E-state index in [0.717, 1.165) is 10.9 Å². The highest BCUT2D eigenvalue weighted by atomic mass is 16.1. The zero-order valence-electron chi connectivity index (χ0n) is 8.37. The van der Waals surface area contributed by atoms with Crippen LogP contribution in [0.15, 0.2) is 35.1 Å². The third-order valence-electron chi connectivity index (χ3n) is 2.42. The van der Waals surface area contributed by atoms with Crippen molar-refractivity contribution in [2.75, 3.05) is 0 Å². The number of aromatic amines is 1. The highest BCUT2D eigenvalue weighted by Gasteiger charge is 2.04. The van der Waals surface area contributed by atoms with Crippen molar-refractivity contribution in [1.29, 1.82) is 0 Å². The van der Waals surface area contributed by atoms with E-state index in [1.807, 2.05) is 18.2 Å². The van der Waals surface area contributed by atoms with Crippen molar-refractivity contribution in [3.05, 3.63) is 46.2 Å². The summed E-state index contributed by atoms with van der Waals surface area (Å²) in [5.74, 6) is 0.476. The van der Waals surface area contributed by atoms with Crippen LogP contribution < -0.4 is 5.56 Å². The average Bonchev–Trinajstić information content (AvgIpc) is 2.16. The minimum atomic E-state index is -0.0431. The molecule has 1 aromatic carbocycles. The second-order valence-corrected chi connectivity index (χ2v) is 3.79. The highest BCUT2D eigenvalue weighted by Crippen LogP contribution is 2.22. The molecular formula is C12H15NO. The molecule has 0 bridgehead atoms. The van der Waals surface area contributed by atoms with E-state index >= 15 is 0 Å². The van der Waals surface area contributed by atoms with Crippen LogP contribution in [-0.4, -0.2) is 4.98 Å². The second-order valence-electron chi connectivity index (χ2n) is 3.79. The second kappa shape index (κ2) is 3.29. The van der Waals surface area contributed by atoms with E-state index in [1.54, 1.807) is 6.07 Å². The van der Waals surface area contributed by atoms with Crippen LogP contribution in [0, 0.1) is 0 Å². The number of pyridine rings is 1. The van der Waals surface area contributed by atoms with E-state index in [-0.39, 0.29) is 6.99 Å². The van der Waals surface area contributed by atoms with Crippen molar-refractivity contribution in [2.45, 2.75) is 19.8 Å². The van der Waals surface area contributed by atoms with Crippen LogP contribution in [0.5, 0.6) is 0 Å². The lowest BCUT2D eigenvalue weighted by molar-refractivity contribution is 0.876. The number of hydrogen-bond donors (Lipinski definition) is 1. The Hall–Kier alpha value is -1.57. The van der Waals surface area contributed by atoms with Gasteiger partial charge in [-0.3, -0.25) is 4.79 Å². The predicted molar refractivity (Wildman–Crippen MR) is 60.8 cm³/mol. The van der Waals surface area contributed by atoms with Crippen LogP contribution in [0.3, 0.4) is 0 Å². The third kappa shape index (κ3) is 1.43. The van der Waals surface area contributed by atoms with E-state index < -0.39 is 0 Å². The molecule has 14 heavy (non-hydrogen) atoms. The molecular weight excluding hydrogens is 174 g/mol. The first-order chi connectivity index (χ1) is 6.68. The van der Waals surface area contributed by atoms with E-state index in [1.165, 1.54) is 5.56 Å². The summed E-state index contributed by atoms with van der Waals surface area (Å²) in [6, 6.07) is 9.49. The van der Waals surface area contributed by atoms with Gasteiger partial charge < -0.3 is 4.98 Å². The number of nitrogens with one attached hydrogen (secondary N) is 1. The molecule has 0 saturated heterocycles.